The maximum Gasteiger partial charge on any atom is 0.313 e. The molecule has 1 aromatic rings. The van der Waals surface area contributed by atoms with Crippen molar-refractivity contribution in [3.8, 4) is 0 Å². The van der Waals surface area contributed by atoms with E-state index in [0.29, 0.717) is 9.47 Å². The molecule has 7 nitrogen and oxygen atoms in total. The van der Waals surface area contributed by atoms with Gasteiger partial charge in [0.1, 0.15) is 6.61 Å². The number of thioether (sulfide) groups is 1. The molecule has 0 aliphatic carbocycles. The minimum atomic E-state index is -0.925. The van der Waals surface area contributed by atoms with E-state index in [2.05, 4.69) is 15.5 Å². The lowest BCUT2D eigenvalue weighted by Gasteiger charge is -2.05. The Kier molecular flexibility index (Phi) is 6.02. The van der Waals surface area contributed by atoms with Gasteiger partial charge in [0, 0.05) is 0 Å². The van der Waals surface area contributed by atoms with Crippen LogP contribution >= 0.6 is 23.1 Å². The molecule has 0 aromatic carbocycles. The van der Waals surface area contributed by atoms with E-state index in [1.54, 1.807) is 0 Å². The summed E-state index contributed by atoms with van der Waals surface area (Å²) in [5, 5.41) is 18.8. The highest BCUT2D eigenvalue weighted by Crippen LogP contribution is 2.25. The number of carboxylic acids is 1. The van der Waals surface area contributed by atoms with Crippen molar-refractivity contribution in [1.29, 1.82) is 0 Å². The Bertz CT molecular complexity index is 422. The number of carbonyl (C=O) groups is 2. The lowest BCUT2D eigenvalue weighted by molar-refractivity contribution is -0.133. The number of anilines is 1. The molecular formula is C9H13N3O4S2. The average Bonchev–Trinajstić information content (AvgIpc) is 2.71. The number of aromatic nitrogens is 2. The van der Waals surface area contributed by atoms with Gasteiger partial charge in [0.25, 0.3) is 5.91 Å². The van der Waals surface area contributed by atoms with E-state index >= 15 is 0 Å². The van der Waals surface area contributed by atoms with Crippen LogP contribution in [0.15, 0.2) is 4.34 Å². The maximum atomic E-state index is 11.4. The number of hydrogen-bond donors (Lipinski definition) is 2. The summed E-state index contributed by atoms with van der Waals surface area (Å²) in [6.07, 6.45) is -0.0214. The summed E-state index contributed by atoms with van der Waals surface area (Å²) in [7, 11) is 0. The normalized spacial score (nSPS) is 10.6. The van der Waals surface area contributed by atoms with Gasteiger partial charge in [0.15, 0.2) is 4.34 Å². The van der Waals surface area contributed by atoms with Crippen LogP contribution in [0.25, 0.3) is 0 Å². The molecule has 0 radical (unpaired) electrons. The van der Waals surface area contributed by atoms with Gasteiger partial charge in [0.05, 0.1) is 11.9 Å². The third-order valence-electron chi connectivity index (χ3n) is 1.52. The van der Waals surface area contributed by atoms with Crippen LogP contribution in [-0.4, -0.2) is 45.6 Å². The van der Waals surface area contributed by atoms with Gasteiger partial charge in [-0.2, -0.15) is 0 Å². The van der Waals surface area contributed by atoms with Gasteiger partial charge in [-0.3, -0.25) is 14.9 Å². The summed E-state index contributed by atoms with van der Waals surface area (Å²) in [6.45, 7) is 3.62. The van der Waals surface area contributed by atoms with Gasteiger partial charge in [-0.1, -0.05) is 23.1 Å². The quantitative estimate of drug-likeness (QED) is 0.572. The molecule has 18 heavy (non-hydrogen) atoms. The summed E-state index contributed by atoms with van der Waals surface area (Å²) < 4.78 is 5.62. The second kappa shape index (κ2) is 7.29. The number of rotatable bonds is 7. The van der Waals surface area contributed by atoms with Crippen LogP contribution < -0.4 is 5.32 Å². The Morgan fingerprint density at radius 2 is 2.22 bits per heavy atom. The molecule has 1 heterocycles. The predicted octanol–water partition coefficient (Wildman–Crippen LogP) is 1.08. The fraction of sp³-hybridized carbons (Fsp3) is 0.556. The SMILES string of the molecule is CC(C)OCC(=O)Nc1nnc(SCC(=O)O)s1. The molecule has 1 aromatic heterocycles. The molecule has 2 N–H and O–H groups in total. The number of carbonyl (C=O) groups excluding carboxylic acids is 1. The van der Waals surface area contributed by atoms with Gasteiger partial charge in [-0.25, -0.2) is 0 Å². The molecule has 0 fully saturated rings. The molecule has 0 atom stereocenters. The van der Waals surface area contributed by atoms with Crippen molar-refractivity contribution >= 4 is 40.1 Å². The predicted molar refractivity (Wildman–Crippen MR) is 68.0 cm³/mol. The van der Waals surface area contributed by atoms with Gasteiger partial charge in [0.2, 0.25) is 5.13 Å². The fourth-order valence-corrected chi connectivity index (χ4v) is 2.33. The van der Waals surface area contributed by atoms with E-state index in [4.69, 9.17) is 9.84 Å². The zero-order valence-electron chi connectivity index (χ0n) is 9.87. The lowest BCUT2D eigenvalue weighted by atomic mass is 10.5. The van der Waals surface area contributed by atoms with Gasteiger partial charge >= 0.3 is 5.97 Å². The van der Waals surface area contributed by atoms with Crippen LogP contribution in [0.2, 0.25) is 0 Å². The summed E-state index contributed by atoms with van der Waals surface area (Å²) >= 11 is 2.18. The zero-order valence-corrected chi connectivity index (χ0v) is 11.5. The molecular weight excluding hydrogens is 278 g/mol. The third kappa shape index (κ3) is 5.94. The van der Waals surface area contributed by atoms with E-state index in [0.717, 1.165) is 23.1 Å². The van der Waals surface area contributed by atoms with Crippen LogP contribution in [0.5, 0.6) is 0 Å². The molecule has 0 saturated carbocycles. The van der Waals surface area contributed by atoms with Crippen LogP contribution in [0.4, 0.5) is 5.13 Å². The van der Waals surface area contributed by atoms with Crippen molar-refractivity contribution in [2.24, 2.45) is 0 Å². The van der Waals surface area contributed by atoms with E-state index < -0.39 is 5.97 Å². The minimum absolute atomic E-state index is 0.0214. The zero-order chi connectivity index (χ0) is 13.5. The molecule has 0 aliphatic heterocycles. The Morgan fingerprint density at radius 3 is 2.83 bits per heavy atom. The maximum absolute atomic E-state index is 11.4. The second-order valence-corrected chi connectivity index (χ2v) is 5.66. The summed E-state index contributed by atoms with van der Waals surface area (Å²) in [4.78, 5) is 21.7. The molecule has 1 rings (SSSR count). The summed E-state index contributed by atoms with van der Waals surface area (Å²) in [5.41, 5.74) is 0. The standard InChI is InChI=1S/C9H13N3O4S2/c1-5(2)16-3-6(13)10-8-11-12-9(18-8)17-4-7(14)15/h5H,3-4H2,1-2H3,(H,14,15)(H,10,11,13). The van der Waals surface area contributed by atoms with E-state index in [1.165, 1.54) is 0 Å². The van der Waals surface area contributed by atoms with Crippen molar-refractivity contribution in [3.63, 3.8) is 0 Å². The summed E-state index contributed by atoms with van der Waals surface area (Å²) in [5.74, 6) is -1.32. The smallest absolute Gasteiger partial charge is 0.313 e. The molecule has 0 spiro atoms. The fourth-order valence-electron chi connectivity index (χ4n) is 0.840. The minimum Gasteiger partial charge on any atom is -0.481 e. The Hall–Kier alpha value is -1.19. The van der Waals surface area contributed by atoms with Crippen molar-refractivity contribution < 1.29 is 19.4 Å². The topological polar surface area (TPSA) is 101 Å². The Labute approximate surface area is 112 Å². The number of carboxylic acid groups (broad SMARTS) is 1. The number of hydrogen-bond acceptors (Lipinski definition) is 7. The van der Waals surface area contributed by atoms with E-state index in [-0.39, 0.29) is 24.4 Å². The number of aliphatic carboxylic acids is 1. The first-order chi connectivity index (χ1) is 8.47. The van der Waals surface area contributed by atoms with Crippen molar-refractivity contribution in [2.75, 3.05) is 17.7 Å². The Morgan fingerprint density at radius 1 is 1.50 bits per heavy atom. The van der Waals surface area contributed by atoms with Crippen LogP contribution in [0, 0.1) is 0 Å². The van der Waals surface area contributed by atoms with Crippen molar-refractivity contribution in [3.05, 3.63) is 0 Å². The van der Waals surface area contributed by atoms with Gasteiger partial charge in [-0.05, 0) is 13.8 Å². The largest absolute Gasteiger partial charge is 0.481 e. The first-order valence-electron chi connectivity index (χ1n) is 5.07. The van der Waals surface area contributed by atoms with Crippen LogP contribution in [0.1, 0.15) is 13.8 Å². The first-order valence-corrected chi connectivity index (χ1v) is 6.87. The Balaban J connectivity index is 2.38. The monoisotopic (exact) mass is 291 g/mol. The number of ether oxygens (including phenoxy) is 1. The lowest BCUT2D eigenvalue weighted by Crippen LogP contribution is -2.20. The molecule has 0 aliphatic rings. The first kappa shape index (κ1) is 14.9. The molecule has 100 valence electrons. The highest BCUT2D eigenvalue weighted by molar-refractivity contribution is 8.01. The molecule has 0 bridgehead atoms. The average molecular weight is 291 g/mol. The van der Waals surface area contributed by atoms with Gasteiger partial charge < -0.3 is 9.84 Å². The van der Waals surface area contributed by atoms with Crippen LogP contribution in [-0.2, 0) is 14.3 Å². The van der Waals surface area contributed by atoms with Gasteiger partial charge in [-0.15, -0.1) is 10.2 Å². The highest BCUT2D eigenvalue weighted by atomic mass is 32.2. The number of amides is 1. The molecule has 0 unspecified atom stereocenters. The number of nitrogens with zero attached hydrogens (tertiary/aromatic N) is 2. The second-order valence-electron chi connectivity index (χ2n) is 3.46. The molecule has 9 heteroatoms. The highest BCUT2D eigenvalue weighted by Gasteiger charge is 2.10. The van der Waals surface area contributed by atoms with Crippen molar-refractivity contribution in [1.82, 2.24) is 10.2 Å². The van der Waals surface area contributed by atoms with Crippen molar-refractivity contribution in [2.45, 2.75) is 24.3 Å². The number of nitrogens with one attached hydrogen (secondary N) is 1. The third-order valence-corrected chi connectivity index (χ3v) is 3.48. The molecule has 1 amide bonds. The van der Waals surface area contributed by atoms with E-state index in [9.17, 15) is 9.59 Å². The molecule has 0 saturated heterocycles. The van der Waals surface area contributed by atoms with Crippen LogP contribution in [0.3, 0.4) is 0 Å². The van der Waals surface area contributed by atoms with E-state index in [1.807, 2.05) is 13.8 Å². The summed E-state index contributed by atoms with van der Waals surface area (Å²) in [6, 6.07) is 0.